The predicted molar refractivity (Wildman–Crippen MR) is 167 cm³/mol. The minimum Gasteiger partial charge on any atom is -0.382 e. The molecule has 0 radical (unpaired) electrons. The molecule has 2 aliphatic carbocycles. The van der Waals surface area contributed by atoms with Gasteiger partial charge in [-0.3, -0.25) is 9.59 Å². The number of fused-ring (bicyclic) bond motifs is 1. The molecule has 6 rings (SSSR count). The van der Waals surface area contributed by atoms with Crippen LogP contribution < -0.4 is 10.6 Å². The van der Waals surface area contributed by atoms with E-state index in [4.69, 9.17) is 23.2 Å². The number of hydrogen-bond donors (Lipinski definition) is 2. The first-order chi connectivity index (χ1) is 20.3. The molecule has 2 N–H and O–H groups in total. The summed E-state index contributed by atoms with van der Waals surface area (Å²) in [6.07, 6.45) is 8.17. The number of rotatable bonds is 6. The lowest BCUT2D eigenvalue weighted by Crippen LogP contribution is -2.54. The molecule has 0 spiro atoms. The van der Waals surface area contributed by atoms with E-state index >= 15 is 4.39 Å². The number of nitrogens with one attached hydrogen (secondary N) is 2. The van der Waals surface area contributed by atoms with Gasteiger partial charge in [-0.25, -0.2) is 4.39 Å². The van der Waals surface area contributed by atoms with E-state index in [1.165, 1.54) is 18.9 Å². The summed E-state index contributed by atoms with van der Waals surface area (Å²) in [5.74, 6) is -1.46. The lowest BCUT2D eigenvalue weighted by atomic mass is 9.76. The molecule has 3 aromatic carbocycles. The van der Waals surface area contributed by atoms with E-state index in [-0.39, 0.29) is 29.3 Å². The fraction of sp³-hybridized carbons (Fsp3) is 0.412. The van der Waals surface area contributed by atoms with Crippen LogP contribution in [0.5, 0.6) is 0 Å². The van der Waals surface area contributed by atoms with Crippen LogP contribution in [0.3, 0.4) is 0 Å². The lowest BCUT2D eigenvalue weighted by Gasteiger charge is -2.48. The van der Waals surface area contributed by atoms with Crippen molar-refractivity contribution >= 4 is 46.4 Å². The second-order valence-electron chi connectivity index (χ2n) is 12.1. The van der Waals surface area contributed by atoms with Crippen molar-refractivity contribution in [3.05, 3.63) is 93.2 Å². The number of hydrogen-bond acceptors (Lipinski definition) is 3. The molecule has 3 aromatic rings. The molecule has 3 aliphatic rings. The first-order valence-corrected chi connectivity index (χ1v) is 15.8. The van der Waals surface area contributed by atoms with Crippen molar-refractivity contribution in [1.82, 2.24) is 4.90 Å². The van der Waals surface area contributed by atoms with Gasteiger partial charge in [0.05, 0.1) is 27.6 Å². The van der Waals surface area contributed by atoms with E-state index in [1.54, 1.807) is 37.3 Å². The van der Waals surface area contributed by atoms with E-state index in [0.29, 0.717) is 33.8 Å². The summed E-state index contributed by atoms with van der Waals surface area (Å²) >= 11 is 12.4. The van der Waals surface area contributed by atoms with Crippen LogP contribution in [0.4, 0.5) is 15.8 Å². The number of amides is 2. The third-order valence-corrected chi connectivity index (χ3v) is 10.1. The molecule has 2 saturated carbocycles. The Balaban J connectivity index is 1.39. The second kappa shape index (κ2) is 12.3. The summed E-state index contributed by atoms with van der Waals surface area (Å²) in [4.78, 5) is 30.3. The molecule has 5 nitrogen and oxygen atoms in total. The highest BCUT2D eigenvalue weighted by molar-refractivity contribution is 6.42. The summed E-state index contributed by atoms with van der Waals surface area (Å²) in [5.41, 5.74) is 3.11. The number of nitrogens with zero attached hydrogens (tertiary/aromatic N) is 1. The van der Waals surface area contributed by atoms with Gasteiger partial charge < -0.3 is 15.5 Å². The third kappa shape index (κ3) is 5.76. The van der Waals surface area contributed by atoms with Crippen LogP contribution in [0.25, 0.3) is 0 Å². The Kier molecular flexibility index (Phi) is 8.46. The van der Waals surface area contributed by atoms with Crippen molar-refractivity contribution in [3.8, 4) is 0 Å². The number of likely N-dealkylation sites (tertiary alicyclic amines) is 1. The summed E-state index contributed by atoms with van der Waals surface area (Å²) in [6, 6.07) is 17.7. The minimum atomic E-state index is -0.556. The van der Waals surface area contributed by atoms with Crippen molar-refractivity contribution in [3.63, 3.8) is 0 Å². The van der Waals surface area contributed by atoms with Gasteiger partial charge in [0, 0.05) is 23.5 Å². The second-order valence-corrected chi connectivity index (χ2v) is 12.9. The largest absolute Gasteiger partial charge is 0.382 e. The Hall–Kier alpha value is -3.09. The summed E-state index contributed by atoms with van der Waals surface area (Å²) in [5, 5.41) is 7.42. The molecular weight excluding hydrogens is 572 g/mol. The number of piperidine rings is 1. The highest BCUT2D eigenvalue weighted by Crippen LogP contribution is 2.49. The molecule has 220 valence electrons. The molecule has 0 aromatic heterocycles. The molecule has 1 heterocycles. The topological polar surface area (TPSA) is 61.4 Å². The van der Waals surface area contributed by atoms with Crippen LogP contribution in [0.2, 0.25) is 10.0 Å². The van der Waals surface area contributed by atoms with Crippen molar-refractivity contribution < 1.29 is 14.0 Å². The normalized spacial score (nSPS) is 24.0. The molecule has 2 amide bonds. The van der Waals surface area contributed by atoms with Gasteiger partial charge in [-0.05, 0) is 92.5 Å². The Labute approximate surface area is 256 Å². The summed E-state index contributed by atoms with van der Waals surface area (Å²) in [7, 11) is 0. The Morgan fingerprint density at radius 2 is 1.62 bits per heavy atom. The van der Waals surface area contributed by atoms with Gasteiger partial charge in [0.1, 0.15) is 5.82 Å². The highest BCUT2D eigenvalue weighted by atomic mass is 35.5. The molecule has 4 atom stereocenters. The van der Waals surface area contributed by atoms with E-state index in [9.17, 15) is 9.59 Å². The zero-order chi connectivity index (χ0) is 29.4. The van der Waals surface area contributed by atoms with Gasteiger partial charge in [0.25, 0.3) is 5.91 Å². The van der Waals surface area contributed by atoms with Crippen LogP contribution in [-0.2, 0) is 4.79 Å². The number of carbonyl (C=O) groups excluding carboxylic acids is 2. The molecule has 1 aliphatic heterocycles. The molecule has 2 unspecified atom stereocenters. The molecule has 8 heteroatoms. The maximum absolute atomic E-state index is 15.2. The van der Waals surface area contributed by atoms with Crippen LogP contribution in [-0.4, -0.2) is 28.8 Å². The average Bonchev–Trinajstić information content (AvgIpc) is 3.66. The summed E-state index contributed by atoms with van der Waals surface area (Å²) < 4.78 is 15.2. The minimum absolute atomic E-state index is 0.0631. The van der Waals surface area contributed by atoms with Crippen molar-refractivity contribution in [2.75, 3.05) is 10.6 Å². The van der Waals surface area contributed by atoms with E-state index in [1.807, 2.05) is 29.2 Å². The fourth-order valence-corrected chi connectivity index (χ4v) is 7.66. The number of benzene rings is 3. The molecule has 3 fully saturated rings. The SMILES string of the molecule is Cc1cccc(F)c1C(=O)N1C(c2ccc(NC3CCCC3)cc2)C(C(=O)Nc2ccc(Cl)c(Cl)c2)C[C@@H]2CCC[C@@H]21. The zero-order valence-electron chi connectivity index (χ0n) is 23.7. The first kappa shape index (κ1) is 29.0. The van der Waals surface area contributed by atoms with E-state index < -0.39 is 17.8 Å². The number of halogens is 3. The molecular formula is C34H36Cl2FN3O2. The third-order valence-electron chi connectivity index (χ3n) is 9.39. The zero-order valence-corrected chi connectivity index (χ0v) is 25.2. The maximum Gasteiger partial charge on any atom is 0.257 e. The average molecular weight is 609 g/mol. The van der Waals surface area contributed by atoms with Crippen LogP contribution in [0.1, 0.15) is 78.9 Å². The van der Waals surface area contributed by atoms with Crippen molar-refractivity contribution in [2.45, 2.75) is 76.4 Å². The molecule has 42 heavy (non-hydrogen) atoms. The van der Waals surface area contributed by atoms with E-state index in [0.717, 1.165) is 43.4 Å². The monoisotopic (exact) mass is 607 g/mol. The quantitative estimate of drug-likeness (QED) is 0.294. The highest BCUT2D eigenvalue weighted by Gasteiger charge is 2.50. The maximum atomic E-state index is 15.2. The summed E-state index contributed by atoms with van der Waals surface area (Å²) in [6.45, 7) is 1.76. The standard InChI is InChI=1S/C34H36Cl2FN3O2/c1-20-6-4-10-29(37)31(20)34(42)40-30-11-5-7-22(30)18-26(33(41)39-25-16-17-27(35)28(36)19-25)32(40)21-12-14-24(15-13-21)38-23-8-2-3-9-23/h4,6,10,12-17,19,22-23,26,30,32,38H,2-3,5,7-9,11,18H2,1H3,(H,39,41)/t22-,26?,30-,32?/m0/s1. The number of aryl methyl sites for hydroxylation is 1. The Bertz CT molecular complexity index is 1450. The van der Waals surface area contributed by atoms with Gasteiger partial charge in [-0.2, -0.15) is 0 Å². The fourth-order valence-electron chi connectivity index (χ4n) is 7.36. The van der Waals surface area contributed by atoms with Gasteiger partial charge >= 0.3 is 0 Å². The smallest absolute Gasteiger partial charge is 0.257 e. The lowest BCUT2D eigenvalue weighted by molar-refractivity contribution is -0.125. The molecule has 1 saturated heterocycles. The van der Waals surface area contributed by atoms with Gasteiger partial charge in [0.2, 0.25) is 5.91 Å². The number of anilines is 2. The van der Waals surface area contributed by atoms with Crippen LogP contribution in [0.15, 0.2) is 60.7 Å². The van der Waals surface area contributed by atoms with Crippen molar-refractivity contribution in [1.29, 1.82) is 0 Å². The number of carbonyl (C=O) groups is 2. The predicted octanol–water partition coefficient (Wildman–Crippen LogP) is 8.81. The van der Waals surface area contributed by atoms with Gasteiger partial charge in [0.15, 0.2) is 0 Å². The van der Waals surface area contributed by atoms with Gasteiger partial charge in [-0.1, -0.05) is 66.7 Å². The first-order valence-electron chi connectivity index (χ1n) is 15.0. The van der Waals surface area contributed by atoms with Crippen molar-refractivity contribution in [2.24, 2.45) is 11.8 Å². The van der Waals surface area contributed by atoms with E-state index in [2.05, 4.69) is 10.6 Å². The molecule has 0 bridgehead atoms. The van der Waals surface area contributed by atoms with Crippen LogP contribution >= 0.6 is 23.2 Å². The van der Waals surface area contributed by atoms with Gasteiger partial charge in [-0.15, -0.1) is 0 Å². The Morgan fingerprint density at radius 3 is 2.33 bits per heavy atom. The Morgan fingerprint density at radius 1 is 0.881 bits per heavy atom. The van der Waals surface area contributed by atoms with Crippen LogP contribution in [0, 0.1) is 24.6 Å².